The Morgan fingerprint density at radius 3 is 2.68 bits per heavy atom. The SMILES string of the molecule is CCOC(=O)c1sc2c(c1C)c(=O)n(CC=O)c(=O)n2CCc1nc2ccccc2s1. The van der Waals surface area contributed by atoms with Gasteiger partial charge < -0.3 is 9.53 Å². The van der Waals surface area contributed by atoms with Gasteiger partial charge in [-0.15, -0.1) is 22.7 Å². The lowest BCUT2D eigenvalue weighted by Crippen LogP contribution is -2.40. The van der Waals surface area contributed by atoms with Gasteiger partial charge in [-0.2, -0.15) is 0 Å². The van der Waals surface area contributed by atoms with Crippen molar-refractivity contribution in [2.24, 2.45) is 0 Å². The summed E-state index contributed by atoms with van der Waals surface area (Å²) in [6.07, 6.45) is 0.986. The van der Waals surface area contributed by atoms with Crippen LogP contribution in [0.5, 0.6) is 0 Å². The largest absolute Gasteiger partial charge is 0.462 e. The Labute approximate surface area is 184 Å². The summed E-state index contributed by atoms with van der Waals surface area (Å²) in [6, 6.07) is 7.77. The lowest BCUT2D eigenvalue weighted by Gasteiger charge is -2.10. The van der Waals surface area contributed by atoms with Crippen molar-refractivity contribution in [1.29, 1.82) is 0 Å². The van der Waals surface area contributed by atoms with Gasteiger partial charge in [-0.3, -0.25) is 13.9 Å². The molecular formula is C21H19N3O5S2. The van der Waals surface area contributed by atoms with E-state index < -0.39 is 17.2 Å². The summed E-state index contributed by atoms with van der Waals surface area (Å²) >= 11 is 2.61. The number of hydrogen-bond acceptors (Lipinski definition) is 8. The van der Waals surface area contributed by atoms with Crippen LogP contribution in [0.15, 0.2) is 33.9 Å². The number of carbonyl (C=O) groups excluding carboxylic acids is 2. The zero-order valence-corrected chi connectivity index (χ0v) is 18.5. The number of para-hydroxylation sites is 1. The minimum absolute atomic E-state index is 0.201. The molecule has 0 aliphatic rings. The third-order valence-corrected chi connectivity index (χ3v) is 7.29. The maximum Gasteiger partial charge on any atom is 0.348 e. The molecule has 0 aliphatic heterocycles. The van der Waals surface area contributed by atoms with Gasteiger partial charge in [0.25, 0.3) is 5.56 Å². The molecule has 160 valence electrons. The number of rotatable bonds is 7. The van der Waals surface area contributed by atoms with Crippen molar-refractivity contribution in [3.63, 3.8) is 0 Å². The van der Waals surface area contributed by atoms with E-state index in [4.69, 9.17) is 4.74 Å². The molecule has 0 radical (unpaired) electrons. The summed E-state index contributed by atoms with van der Waals surface area (Å²) < 4.78 is 8.51. The van der Waals surface area contributed by atoms with Gasteiger partial charge in [-0.05, 0) is 31.5 Å². The molecule has 0 amide bonds. The van der Waals surface area contributed by atoms with E-state index in [1.54, 1.807) is 25.2 Å². The van der Waals surface area contributed by atoms with Gasteiger partial charge in [0.2, 0.25) is 0 Å². The first-order valence-corrected chi connectivity index (χ1v) is 11.3. The van der Waals surface area contributed by atoms with Gasteiger partial charge in [0.05, 0.1) is 33.8 Å². The molecule has 0 fully saturated rings. The van der Waals surface area contributed by atoms with Crippen molar-refractivity contribution in [2.45, 2.75) is 33.4 Å². The third kappa shape index (κ3) is 3.72. The monoisotopic (exact) mass is 457 g/mol. The summed E-state index contributed by atoms with van der Waals surface area (Å²) in [4.78, 5) is 54.7. The Bertz CT molecular complexity index is 1390. The van der Waals surface area contributed by atoms with E-state index in [1.807, 2.05) is 24.3 Å². The maximum atomic E-state index is 13.0. The predicted molar refractivity (Wildman–Crippen MR) is 120 cm³/mol. The molecule has 0 saturated heterocycles. The van der Waals surface area contributed by atoms with E-state index >= 15 is 0 Å². The predicted octanol–water partition coefficient (Wildman–Crippen LogP) is 2.76. The summed E-state index contributed by atoms with van der Waals surface area (Å²) in [6.45, 7) is 3.47. The minimum atomic E-state index is -0.581. The summed E-state index contributed by atoms with van der Waals surface area (Å²) in [7, 11) is 0. The van der Waals surface area contributed by atoms with Gasteiger partial charge in [-0.25, -0.2) is 14.6 Å². The molecule has 31 heavy (non-hydrogen) atoms. The van der Waals surface area contributed by atoms with E-state index in [-0.39, 0.29) is 30.0 Å². The first-order chi connectivity index (χ1) is 15.0. The molecule has 0 aliphatic carbocycles. The van der Waals surface area contributed by atoms with Crippen molar-refractivity contribution in [3.8, 4) is 0 Å². The Hall–Kier alpha value is -3.11. The molecule has 0 saturated carbocycles. The number of fused-ring (bicyclic) bond motifs is 2. The van der Waals surface area contributed by atoms with Gasteiger partial charge in [0.1, 0.15) is 16.0 Å². The fourth-order valence-electron chi connectivity index (χ4n) is 3.45. The van der Waals surface area contributed by atoms with Crippen molar-refractivity contribution in [1.82, 2.24) is 14.1 Å². The van der Waals surface area contributed by atoms with E-state index in [9.17, 15) is 19.2 Å². The zero-order valence-electron chi connectivity index (χ0n) is 16.9. The highest BCUT2D eigenvalue weighted by Gasteiger charge is 2.23. The van der Waals surface area contributed by atoms with Crippen LogP contribution in [0.3, 0.4) is 0 Å². The van der Waals surface area contributed by atoms with Crippen molar-refractivity contribution in [2.75, 3.05) is 6.61 Å². The average molecular weight is 458 g/mol. The second-order valence-electron chi connectivity index (χ2n) is 6.80. The van der Waals surface area contributed by atoms with E-state index in [0.717, 1.165) is 31.1 Å². The molecule has 8 nitrogen and oxygen atoms in total. The number of carbonyl (C=O) groups is 2. The molecule has 0 atom stereocenters. The number of aromatic nitrogens is 3. The lowest BCUT2D eigenvalue weighted by molar-refractivity contribution is -0.108. The number of benzene rings is 1. The third-order valence-electron chi connectivity index (χ3n) is 4.90. The number of nitrogens with zero attached hydrogens (tertiary/aromatic N) is 3. The second-order valence-corrected chi connectivity index (χ2v) is 8.91. The van der Waals surface area contributed by atoms with Crippen LogP contribution < -0.4 is 11.2 Å². The maximum absolute atomic E-state index is 13.0. The van der Waals surface area contributed by atoms with Crippen molar-refractivity contribution >= 4 is 55.4 Å². The van der Waals surface area contributed by atoms with E-state index in [2.05, 4.69) is 4.98 Å². The molecule has 10 heteroatoms. The molecule has 0 N–H and O–H groups in total. The average Bonchev–Trinajstić information content (AvgIpc) is 3.32. The molecule has 0 spiro atoms. The topological polar surface area (TPSA) is 100 Å². The van der Waals surface area contributed by atoms with E-state index in [0.29, 0.717) is 23.1 Å². The lowest BCUT2D eigenvalue weighted by atomic mass is 10.2. The first kappa shape index (κ1) is 21.1. The highest BCUT2D eigenvalue weighted by atomic mass is 32.1. The van der Waals surface area contributed by atoms with Crippen LogP contribution in [-0.2, 0) is 29.0 Å². The van der Waals surface area contributed by atoms with Crippen LogP contribution in [0.1, 0.15) is 27.2 Å². The molecule has 0 unspecified atom stereocenters. The van der Waals surface area contributed by atoms with Crippen LogP contribution in [0.25, 0.3) is 20.4 Å². The second kappa shape index (κ2) is 8.56. The number of hydrogen-bond donors (Lipinski definition) is 0. The first-order valence-electron chi connectivity index (χ1n) is 9.68. The molecular weight excluding hydrogens is 438 g/mol. The number of thiophene rings is 1. The summed E-state index contributed by atoms with van der Waals surface area (Å²) in [5, 5.41) is 1.12. The molecule has 3 heterocycles. The van der Waals surface area contributed by atoms with Crippen molar-refractivity contribution < 1.29 is 14.3 Å². The molecule has 3 aromatic heterocycles. The fourth-order valence-corrected chi connectivity index (χ4v) is 5.62. The van der Waals surface area contributed by atoms with Crippen LogP contribution in [-0.4, -0.2) is 33.0 Å². The number of aldehydes is 1. The van der Waals surface area contributed by atoms with E-state index in [1.165, 1.54) is 4.57 Å². The Morgan fingerprint density at radius 1 is 1.19 bits per heavy atom. The minimum Gasteiger partial charge on any atom is -0.462 e. The smallest absolute Gasteiger partial charge is 0.348 e. The standard InChI is InChI=1S/C21H19N3O5S2/c1-3-29-20(27)17-12(2)16-18(26)23(10-11-25)21(28)24(19(16)31-17)9-8-15-22-13-6-4-5-7-14(13)30-15/h4-7,11H,3,8-10H2,1-2H3. The molecule has 4 aromatic rings. The number of aryl methyl sites for hydroxylation is 3. The highest BCUT2D eigenvalue weighted by molar-refractivity contribution is 7.20. The molecule has 1 aromatic carbocycles. The van der Waals surface area contributed by atoms with Gasteiger partial charge >= 0.3 is 11.7 Å². The number of thiazole rings is 1. The van der Waals surface area contributed by atoms with Crippen LogP contribution in [0, 0.1) is 6.92 Å². The van der Waals surface area contributed by atoms with Crippen LogP contribution in [0.4, 0.5) is 0 Å². The number of esters is 1. The quantitative estimate of drug-likeness (QED) is 0.313. The highest BCUT2D eigenvalue weighted by Crippen LogP contribution is 2.29. The van der Waals surface area contributed by atoms with Gasteiger partial charge in [-0.1, -0.05) is 12.1 Å². The fraction of sp³-hybridized carbons (Fsp3) is 0.286. The summed E-state index contributed by atoms with van der Waals surface area (Å²) in [5.41, 5.74) is 0.189. The van der Waals surface area contributed by atoms with Gasteiger partial charge in [0.15, 0.2) is 0 Å². The van der Waals surface area contributed by atoms with Gasteiger partial charge in [0, 0.05) is 13.0 Å². The summed E-state index contributed by atoms with van der Waals surface area (Å²) in [5.74, 6) is -0.535. The number of ether oxygens (including phenoxy) is 1. The molecule has 0 bridgehead atoms. The zero-order chi connectivity index (χ0) is 22.1. The molecule has 4 rings (SSSR count). The Kier molecular flexibility index (Phi) is 5.84. The Balaban J connectivity index is 1.84. The van der Waals surface area contributed by atoms with Crippen molar-refractivity contribution in [3.05, 3.63) is 60.6 Å². The normalized spacial score (nSPS) is 11.3. The Morgan fingerprint density at radius 2 is 1.97 bits per heavy atom. The van der Waals surface area contributed by atoms with Crippen LogP contribution in [0.2, 0.25) is 0 Å². The van der Waals surface area contributed by atoms with Crippen LogP contribution >= 0.6 is 22.7 Å².